The highest BCUT2D eigenvalue weighted by Crippen LogP contribution is 2.33. The van der Waals surface area contributed by atoms with Crippen LogP contribution in [-0.4, -0.2) is 49.4 Å². The molecule has 2 aliphatic heterocycles. The fourth-order valence-corrected chi connectivity index (χ4v) is 3.87. The van der Waals surface area contributed by atoms with Crippen molar-refractivity contribution in [3.8, 4) is 0 Å². The molecular weight excluding hydrogens is 300 g/mol. The van der Waals surface area contributed by atoms with Crippen molar-refractivity contribution >= 4 is 22.7 Å². The summed E-state index contributed by atoms with van der Waals surface area (Å²) in [7, 11) is 1.82. The van der Waals surface area contributed by atoms with Gasteiger partial charge in [0.2, 0.25) is 0 Å². The van der Waals surface area contributed by atoms with Gasteiger partial charge in [-0.2, -0.15) is 0 Å². The number of benzene rings is 1. The molecule has 0 spiro atoms. The first-order chi connectivity index (χ1) is 11.8. The number of piperidine rings is 1. The lowest BCUT2D eigenvalue weighted by Crippen LogP contribution is -2.45. The summed E-state index contributed by atoms with van der Waals surface area (Å²) in [6, 6.07) is 8.18. The Hall–Kier alpha value is -1.88. The van der Waals surface area contributed by atoms with Crippen molar-refractivity contribution in [2.45, 2.75) is 32.3 Å². The minimum absolute atomic E-state index is 0.262. The van der Waals surface area contributed by atoms with Gasteiger partial charge in [-0.05, 0) is 37.3 Å². The van der Waals surface area contributed by atoms with E-state index in [1.54, 1.807) is 0 Å². The SMILES string of the molecule is COC1CN(c2nc3ccccc3nc2N2CCCC2)CCC1C. The molecule has 128 valence electrons. The number of ether oxygens (including phenoxy) is 1. The van der Waals surface area contributed by atoms with E-state index in [4.69, 9.17) is 14.7 Å². The zero-order valence-electron chi connectivity index (χ0n) is 14.6. The van der Waals surface area contributed by atoms with Crippen molar-refractivity contribution in [1.82, 2.24) is 9.97 Å². The van der Waals surface area contributed by atoms with Crippen molar-refractivity contribution in [3.63, 3.8) is 0 Å². The Bertz CT molecular complexity index is 714. The Morgan fingerprint density at radius 3 is 2.21 bits per heavy atom. The zero-order valence-corrected chi connectivity index (χ0v) is 14.6. The number of para-hydroxylation sites is 2. The Kier molecular flexibility index (Phi) is 4.27. The van der Waals surface area contributed by atoms with Gasteiger partial charge >= 0.3 is 0 Å². The Morgan fingerprint density at radius 1 is 0.958 bits per heavy atom. The topological polar surface area (TPSA) is 41.5 Å². The summed E-state index contributed by atoms with van der Waals surface area (Å²) in [5.41, 5.74) is 1.96. The number of nitrogens with zero attached hydrogens (tertiary/aromatic N) is 4. The molecule has 4 rings (SSSR count). The van der Waals surface area contributed by atoms with E-state index in [1.165, 1.54) is 12.8 Å². The van der Waals surface area contributed by atoms with E-state index in [9.17, 15) is 0 Å². The third kappa shape index (κ3) is 2.81. The average molecular weight is 326 g/mol. The predicted octanol–water partition coefficient (Wildman–Crippen LogP) is 3.09. The second kappa shape index (κ2) is 6.55. The first kappa shape index (κ1) is 15.6. The third-order valence-corrected chi connectivity index (χ3v) is 5.43. The van der Waals surface area contributed by atoms with Crippen LogP contribution in [0, 0.1) is 5.92 Å². The molecule has 0 bridgehead atoms. The van der Waals surface area contributed by atoms with E-state index < -0.39 is 0 Å². The third-order valence-electron chi connectivity index (χ3n) is 5.43. The maximum Gasteiger partial charge on any atom is 0.172 e. The molecule has 0 aliphatic carbocycles. The molecule has 24 heavy (non-hydrogen) atoms. The standard InChI is InChI=1S/C19H26N4O/c1-14-9-12-23(13-17(14)24-2)19-18(22-10-5-6-11-22)20-15-7-3-4-8-16(15)21-19/h3-4,7-8,14,17H,5-6,9-13H2,1-2H3. The summed E-state index contributed by atoms with van der Waals surface area (Å²) in [4.78, 5) is 14.8. The first-order valence-corrected chi connectivity index (χ1v) is 9.06. The Balaban J connectivity index is 1.75. The van der Waals surface area contributed by atoms with Gasteiger partial charge in [0.15, 0.2) is 11.6 Å². The zero-order chi connectivity index (χ0) is 16.5. The lowest BCUT2D eigenvalue weighted by atomic mass is 9.96. The molecule has 0 amide bonds. The van der Waals surface area contributed by atoms with Gasteiger partial charge in [-0.3, -0.25) is 0 Å². The summed E-state index contributed by atoms with van der Waals surface area (Å²) in [5.74, 6) is 2.68. The van der Waals surface area contributed by atoms with Crippen LogP contribution < -0.4 is 9.80 Å². The quantitative estimate of drug-likeness (QED) is 0.867. The molecule has 2 fully saturated rings. The maximum absolute atomic E-state index is 5.70. The molecule has 0 saturated carbocycles. The summed E-state index contributed by atoms with van der Waals surface area (Å²) >= 11 is 0. The van der Waals surface area contributed by atoms with Crippen LogP contribution in [0.1, 0.15) is 26.2 Å². The lowest BCUT2D eigenvalue weighted by Gasteiger charge is -2.38. The van der Waals surface area contributed by atoms with Gasteiger partial charge in [0.1, 0.15) is 0 Å². The van der Waals surface area contributed by atoms with Gasteiger partial charge in [0.25, 0.3) is 0 Å². The minimum atomic E-state index is 0.262. The minimum Gasteiger partial charge on any atom is -0.379 e. The highest BCUT2D eigenvalue weighted by molar-refractivity contribution is 5.81. The molecule has 2 atom stereocenters. The van der Waals surface area contributed by atoms with Crippen molar-refractivity contribution in [3.05, 3.63) is 24.3 Å². The van der Waals surface area contributed by atoms with Crippen LogP contribution >= 0.6 is 0 Å². The first-order valence-electron chi connectivity index (χ1n) is 9.06. The van der Waals surface area contributed by atoms with Crippen LogP contribution in [0.2, 0.25) is 0 Å². The monoisotopic (exact) mass is 326 g/mol. The van der Waals surface area contributed by atoms with E-state index >= 15 is 0 Å². The van der Waals surface area contributed by atoms with Gasteiger partial charge < -0.3 is 14.5 Å². The summed E-state index contributed by atoms with van der Waals surface area (Å²) in [6.45, 7) is 6.36. The molecule has 5 heteroatoms. The normalized spacial score (nSPS) is 24.8. The molecular formula is C19H26N4O. The molecule has 2 aliphatic rings. The number of aromatic nitrogens is 2. The second-order valence-corrected chi connectivity index (χ2v) is 7.04. The molecule has 0 N–H and O–H groups in total. The van der Waals surface area contributed by atoms with E-state index in [1.807, 2.05) is 19.2 Å². The summed E-state index contributed by atoms with van der Waals surface area (Å²) in [5, 5.41) is 0. The molecule has 5 nitrogen and oxygen atoms in total. The van der Waals surface area contributed by atoms with Crippen molar-refractivity contribution in [1.29, 1.82) is 0 Å². The van der Waals surface area contributed by atoms with Crippen LogP contribution in [0.25, 0.3) is 11.0 Å². The number of rotatable bonds is 3. The number of hydrogen-bond acceptors (Lipinski definition) is 5. The smallest absolute Gasteiger partial charge is 0.172 e. The number of hydrogen-bond donors (Lipinski definition) is 0. The van der Waals surface area contributed by atoms with Crippen LogP contribution in [0.4, 0.5) is 11.6 Å². The Morgan fingerprint density at radius 2 is 1.58 bits per heavy atom. The number of methoxy groups -OCH3 is 1. The highest BCUT2D eigenvalue weighted by Gasteiger charge is 2.30. The Labute approximate surface area is 143 Å². The predicted molar refractivity (Wildman–Crippen MR) is 97.8 cm³/mol. The van der Waals surface area contributed by atoms with Gasteiger partial charge in [-0.1, -0.05) is 19.1 Å². The average Bonchev–Trinajstić information content (AvgIpc) is 3.15. The van der Waals surface area contributed by atoms with E-state index in [2.05, 4.69) is 28.9 Å². The fraction of sp³-hybridized carbons (Fsp3) is 0.579. The van der Waals surface area contributed by atoms with Crippen LogP contribution in [0.15, 0.2) is 24.3 Å². The molecule has 3 heterocycles. The summed E-state index contributed by atoms with van der Waals surface area (Å²) in [6.07, 6.45) is 3.88. The van der Waals surface area contributed by atoms with Gasteiger partial charge in [0, 0.05) is 33.3 Å². The number of fused-ring (bicyclic) bond motifs is 1. The van der Waals surface area contributed by atoms with E-state index in [0.29, 0.717) is 5.92 Å². The van der Waals surface area contributed by atoms with Crippen LogP contribution in [0.5, 0.6) is 0 Å². The number of anilines is 2. The molecule has 2 saturated heterocycles. The van der Waals surface area contributed by atoms with Gasteiger partial charge in [-0.15, -0.1) is 0 Å². The van der Waals surface area contributed by atoms with Crippen molar-refractivity contribution < 1.29 is 4.74 Å². The van der Waals surface area contributed by atoms with E-state index in [0.717, 1.165) is 55.3 Å². The fourth-order valence-electron chi connectivity index (χ4n) is 3.87. The van der Waals surface area contributed by atoms with Crippen LogP contribution in [-0.2, 0) is 4.74 Å². The van der Waals surface area contributed by atoms with Crippen LogP contribution in [0.3, 0.4) is 0 Å². The highest BCUT2D eigenvalue weighted by atomic mass is 16.5. The maximum atomic E-state index is 5.70. The largest absolute Gasteiger partial charge is 0.379 e. The molecule has 0 radical (unpaired) electrons. The lowest BCUT2D eigenvalue weighted by molar-refractivity contribution is 0.0497. The van der Waals surface area contributed by atoms with Crippen molar-refractivity contribution in [2.75, 3.05) is 43.1 Å². The summed E-state index contributed by atoms with van der Waals surface area (Å²) < 4.78 is 5.70. The van der Waals surface area contributed by atoms with Crippen molar-refractivity contribution in [2.24, 2.45) is 5.92 Å². The molecule has 2 unspecified atom stereocenters. The van der Waals surface area contributed by atoms with Gasteiger partial charge in [-0.25, -0.2) is 9.97 Å². The second-order valence-electron chi connectivity index (χ2n) is 7.04. The molecule has 1 aromatic heterocycles. The molecule has 1 aromatic carbocycles. The van der Waals surface area contributed by atoms with E-state index in [-0.39, 0.29) is 6.10 Å². The molecule has 2 aromatic rings. The van der Waals surface area contributed by atoms with Gasteiger partial charge in [0.05, 0.1) is 17.1 Å².